The van der Waals surface area contributed by atoms with Gasteiger partial charge in [0.15, 0.2) is 0 Å². The van der Waals surface area contributed by atoms with Gasteiger partial charge in [-0.25, -0.2) is 15.0 Å². The van der Waals surface area contributed by atoms with Crippen LogP contribution in [0.3, 0.4) is 0 Å². The lowest BCUT2D eigenvalue weighted by Crippen LogP contribution is -2.51. The SMILES string of the molecule is COc1cccc(CN2CCN(c3nc(C)nc4cnccc34)CC2C)n1. The van der Waals surface area contributed by atoms with Crippen molar-refractivity contribution >= 4 is 16.7 Å². The van der Waals surface area contributed by atoms with Crippen LogP contribution in [-0.4, -0.2) is 57.6 Å². The Morgan fingerprint density at radius 3 is 2.85 bits per heavy atom. The Balaban J connectivity index is 1.52. The predicted octanol–water partition coefficient (Wildman–Crippen LogP) is 2.45. The lowest BCUT2D eigenvalue weighted by molar-refractivity contribution is 0.178. The third-order valence-electron chi connectivity index (χ3n) is 5.01. The molecular weight excluding hydrogens is 340 g/mol. The number of anilines is 1. The molecule has 1 unspecified atom stereocenters. The van der Waals surface area contributed by atoms with Crippen LogP contribution in [0, 0.1) is 6.92 Å². The van der Waals surface area contributed by atoms with Gasteiger partial charge in [0.05, 0.1) is 24.5 Å². The van der Waals surface area contributed by atoms with E-state index in [2.05, 4.69) is 37.7 Å². The molecule has 0 amide bonds. The van der Waals surface area contributed by atoms with Crippen LogP contribution >= 0.6 is 0 Å². The van der Waals surface area contributed by atoms with Crippen molar-refractivity contribution in [2.45, 2.75) is 26.4 Å². The van der Waals surface area contributed by atoms with Gasteiger partial charge in [0.25, 0.3) is 0 Å². The first-order chi connectivity index (χ1) is 13.1. The predicted molar refractivity (Wildman–Crippen MR) is 105 cm³/mol. The molecule has 0 spiro atoms. The zero-order valence-corrected chi connectivity index (χ0v) is 16.0. The standard InChI is InChI=1S/C20H24N6O/c1-14-12-26(20-17-7-8-21-11-18(17)22-15(2)23-20)10-9-25(14)13-16-5-4-6-19(24-16)27-3/h4-8,11,14H,9-10,12-13H2,1-3H3. The smallest absolute Gasteiger partial charge is 0.213 e. The molecule has 1 atom stereocenters. The molecule has 0 aliphatic carbocycles. The van der Waals surface area contributed by atoms with Crippen LogP contribution in [0.2, 0.25) is 0 Å². The number of nitrogens with zero attached hydrogens (tertiary/aromatic N) is 6. The number of rotatable bonds is 4. The molecule has 140 valence electrons. The molecule has 1 aliphatic rings. The summed E-state index contributed by atoms with van der Waals surface area (Å²) in [4.78, 5) is 22.8. The van der Waals surface area contributed by atoms with Crippen molar-refractivity contribution in [3.8, 4) is 5.88 Å². The first kappa shape index (κ1) is 17.6. The summed E-state index contributed by atoms with van der Waals surface area (Å²) >= 11 is 0. The highest BCUT2D eigenvalue weighted by Crippen LogP contribution is 2.26. The first-order valence-electron chi connectivity index (χ1n) is 9.21. The fourth-order valence-corrected chi connectivity index (χ4v) is 3.61. The van der Waals surface area contributed by atoms with Gasteiger partial charge >= 0.3 is 0 Å². The largest absolute Gasteiger partial charge is 0.481 e. The Kier molecular flexibility index (Phi) is 4.85. The van der Waals surface area contributed by atoms with Crippen molar-refractivity contribution in [2.75, 3.05) is 31.6 Å². The van der Waals surface area contributed by atoms with Crippen LogP contribution in [-0.2, 0) is 6.54 Å². The number of pyridine rings is 2. The van der Waals surface area contributed by atoms with E-state index in [4.69, 9.17) is 9.72 Å². The summed E-state index contributed by atoms with van der Waals surface area (Å²) in [6, 6.07) is 8.31. The fourth-order valence-electron chi connectivity index (χ4n) is 3.61. The van der Waals surface area contributed by atoms with Crippen molar-refractivity contribution in [3.63, 3.8) is 0 Å². The number of aryl methyl sites for hydroxylation is 1. The van der Waals surface area contributed by atoms with Gasteiger partial charge in [-0.2, -0.15) is 0 Å². The third-order valence-corrected chi connectivity index (χ3v) is 5.01. The van der Waals surface area contributed by atoms with Crippen LogP contribution in [0.1, 0.15) is 18.4 Å². The highest BCUT2D eigenvalue weighted by molar-refractivity contribution is 5.88. The maximum atomic E-state index is 5.24. The molecule has 7 heteroatoms. The Labute approximate surface area is 159 Å². The van der Waals surface area contributed by atoms with E-state index < -0.39 is 0 Å². The molecule has 0 aromatic carbocycles. The molecule has 7 nitrogen and oxygen atoms in total. The molecule has 0 radical (unpaired) electrons. The molecule has 0 saturated carbocycles. The van der Waals surface area contributed by atoms with Crippen LogP contribution in [0.5, 0.6) is 5.88 Å². The van der Waals surface area contributed by atoms with Gasteiger partial charge in [-0.05, 0) is 26.0 Å². The summed E-state index contributed by atoms with van der Waals surface area (Å²) in [7, 11) is 1.65. The normalized spacial score (nSPS) is 18.0. The topological polar surface area (TPSA) is 67.3 Å². The summed E-state index contributed by atoms with van der Waals surface area (Å²) in [5, 5.41) is 1.06. The minimum absolute atomic E-state index is 0.388. The minimum Gasteiger partial charge on any atom is -0.481 e. The first-order valence-corrected chi connectivity index (χ1v) is 9.21. The third kappa shape index (κ3) is 3.68. The Bertz CT molecular complexity index is 947. The number of methoxy groups -OCH3 is 1. The van der Waals surface area contributed by atoms with E-state index in [0.717, 1.165) is 54.4 Å². The van der Waals surface area contributed by atoms with Gasteiger partial charge in [-0.1, -0.05) is 6.07 Å². The zero-order valence-electron chi connectivity index (χ0n) is 16.0. The lowest BCUT2D eigenvalue weighted by Gasteiger charge is -2.40. The van der Waals surface area contributed by atoms with Crippen molar-refractivity contribution in [3.05, 3.63) is 48.2 Å². The van der Waals surface area contributed by atoms with Gasteiger partial charge in [-0.3, -0.25) is 9.88 Å². The summed E-state index contributed by atoms with van der Waals surface area (Å²) in [6.45, 7) is 7.80. The number of fused-ring (bicyclic) bond motifs is 1. The maximum absolute atomic E-state index is 5.24. The molecule has 4 heterocycles. The highest BCUT2D eigenvalue weighted by Gasteiger charge is 2.26. The Hall–Kier alpha value is -2.80. The molecule has 0 bridgehead atoms. The second-order valence-electron chi connectivity index (χ2n) is 6.92. The van der Waals surface area contributed by atoms with E-state index in [0.29, 0.717) is 11.9 Å². The highest BCUT2D eigenvalue weighted by atomic mass is 16.5. The van der Waals surface area contributed by atoms with E-state index >= 15 is 0 Å². The molecule has 1 saturated heterocycles. The number of ether oxygens (including phenoxy) is 1. The molecule has 27 heavy (non-hydrogen) atoms. The second-order valence-corrected chi connectivity index (χ2v) is 6.92. The van der Waals surface area contributed by atoms with Gasteiger partial charge in [0.2, 0.25) is 5.88 Å². The minimum atomic E-state index is 0.388. The summed E-state index contributed by atoms with van der Waals surface area (Å²) in [5.74, 6) is 2.45. The second kappa shape index (κ2) is 7.44. The Morgan fingerprint density at radius 2 is 2.04 bits per heavy atom. The average Bonchev–Trinajstić information content (AvgIpc) is 2.69. The van der Waals surface area contributed by atoms with Crippen LogP contribution in [0.4, 0.5) is 5.82 Å². The van der Waals surface area contributed by atoms with Gasteiger partial charge in [0.1, 0.15) is 11.6 Å². The van der Waals surface area contributed by atoms with Crippen molar-refractivity contribution in [1.29, 1.82) is 0 Å². The van der Waals surface area contributed by atoms with E-state index in [1.54, 1.807) is 13.3 Å². The summed E-state index contributed by atoms with van der Waals surface area (Å²) in [6.07, 6.45) is 3.61. The van der Waals surface area contributed by atoms with E-state index in [1.807, 2.05) is 31.3 Å². The zero-order chi connectivity index (χ0) is 18.8. The van der Waals surface area contributed by atoms with Crippen LogP contribution in [0.25, 0.3) is 10.9 Å². The molecule has 1 fully saturated rings. The van der Waals surface area contributed by atoms with Gasteiger partial charge in [-0.15, -0.1) is 0 Å². The number of piperazine rings is 1. The number of aromatic nitrogens is 4. The summed E-state index contributed by atoms with van der Waals surface area (Å²) in [5.41, 5.74) is 1.93. The van der Waals surface area contributed by atoms with E-state index in [1.165, 1.54) is 0 Å². The van der Waals surface area contributed by atoms with Crippen LogP contribution < -0.4 is 9.64 Å². The van der Waals surface area contributed by atoms with Crippen molar-refractivity contribution in [2.24, 2.45) is 0 Å². The van der Waals surface area contributed by atoms with E-state index in [-0.39, 0.29) is 0 Å². The molecular formula is C20H24N6O. The van der Waals surface area contributed by atoms with Crippen molar-refractivity contribution < 1.29 is 4.74 Å². The number of hydrogen-bond acceptors (Lipinski definition) is 7. The monoisotopic (exact) mass is 364 g/mol. The summed E-state index contributed by atoms with van der Waals surface area (Å²) < 4.78 is 5.24. The van der Waals surface area contributed by atoms with Gasteiger partial charge in [0, 0.05) is 49.9 Å². The van der Waals surface area contributed by atoms with Crippen molar-refractivity contribution in [1.82, 2.24) is 24.8 Å². The quantitative estimate of drug-likeness (QED) is 0.704. The molecule has 1 aliphatic heterocycles. The van der Waals surface area contributed by atoms with Crippen LogP contribution in [0.15, 0.2) is 36.7 Å². The molecule has 0 N–H and O–H groups in total. The Morgan fingerprint density at radius 1 is 1.15 bits per heavy atom. The number of hydrogen-bond donors (Lipinski definition) is 0. The molecule has 3 aromatic heterocycles. The van der Waals surface area contributed by atoms with E-state index in [9.17, 15) is 0 Å². The maximum Gasteiger partial charge on any atom is 0.213 e. The molecule has 4 rings (SSSR count). The fraction of sp³-hybridized carbons (Fsp3) is 0.400. The lowest BCUT2D eigenvalue weighted by atomic mass is 10.1. The van der Waals surface area contributed by atoms with Gasteiger partial charge < -0.3 is 9.64 Å². The average molecular weight is 364 g/mol. The molecule has 3 aromatic rings.